The summed E-state index contributed by atoms with van der Waals surface area (Å²) >= 11 is 0. The first kappa shape index (κ1) is 27.6. The van der Waals surface area contributed by atoms with E-state index in [4.69, 9.17) is 4.74 Å². The van der Waals surface area contributed by atoms with Crippen molar-refractivity contribution in [3.8, 4) is 17.3 Å². The zero-order valence-corrected chi connectivity index (χ0v) is 22.8. The Morgan fingerprint density at radius 2 is 1.88 bits per heavy atom. The van der Waals surface area contributed by atoms with E-state index in [9.17, 15) is 26.3 Å². The molecule has 0 spiro atoms. The number of hydrogen-bond donors (Lipinski definition) is 1. The van der Waals surface area contributed by atoms with Crippen LogP contribution in [0, 0.1) is 0 Å². The van der Waals surface area contributed by atoms with Crippen LogP contribution in [-0.4, -0.2) is 77.4 Å². The predicted octanol–water partition coefficient (Wildman–Crippen LogP) is 5.11. The number of anilines is 1. The second-order valence-electron chi connectivity index (χ2n) is 11.7. The molecule has 1 aliphatic carbocycles. The normalized spacial score (nSPS) is 25.7. The van der Waals surface area contributed by atoms with Crippen molar-refractivity contribution in [3.63, 3.8) is 0 Å². The molecule has 0 unspecified atom stereocenters. The molecule has 0 saturated carbocycles. The maximum atomic E-state index is 15.0. The lowest BCUT2D eigenvalue weighted by atomic mass is 9.95. The van der Waals surface area contributed by atoms with Gasteiger partial charge < -0.3 is 15.0 Å². The van der Waals surface area contributed by atoms with Crippen LogP contribution in [-0.2, 0) is 18.5 Å². The summed E-state index contributed by atoms with van der Waals surface area (Å²) in [6, 6.07) is 3.77. The Morgan fingerprint density at radius 3 is 2.67 bits per heavy atom. The molecule has 7 rings (SSSR count). The molecule has 1 N–H and O–H groups in total. The number of ether oxygens (including phenoxy) is 1. The van der Waals surface area contributed by atoms with Gasteiger partial charge in [0, 0.05) is 62.9 Å². The van der Waals surface area contributed by atoms with Crippen molar-refractivity contribution in [2.45, 2.75) is 55.9 Å². The molecule has 4 aliphatic rings. The molecule has 0 bridgehead atoms. The number of nitrogens with one attached hydrogen (secondary N) is 1. The van der Waals surface area contributed by atoms with Gasteiger partial charge in [0.2, 0.25) is 0 Å². The SMILES string of the molecule is F[C@H]1CN2CCC[C@@]2(COc2nc(N3CCNCC3)c3cnc(-c4cccc5c4CCC5(F)F)c(C(F)(F)F)c3n2)C1. The number of halogens is 6. The molecule has 42 heavy (non-hydrogen) atoms. The number of pyridine rings is 1. The maximum absolute atomic E-state index is 15.0. The lowest BCUT2D eigenvalue weighted by molar-refractivity contribution is -0.136. The zero-order chi connectivity index (χ0) is 29.3. The number of benzene rings is 1. The minimum atomic E-state index is -4.91. The van der Waals surface area contributed by atoms with Gasteiger partial charge in [-0.15, -0.1) is 0 Å². The van der Waals surface area contributed by atoms with Crippen LogP contribution in [0.2, 0.25) is 0 Å². The summed E-state index contributed by atoms with van der Waals surface area (Å²) in [4.78, 5) is 17.0. The molecule has 0 radical (unpaired) electrons. The largest absolute Gasteiger partial charge is 0.461 e. The predicted molar refractivity (Wildman–Crippen MR) is 144 cm³/mol. The minimum Gasteiger partial charge on any atom is -0.461 e. The minimum absolute atomic E-state index is 0.0177. The van der Waals surface area contributed by atoms with E-state index in [0.29, 0.717) is 32.7 Å². The Hall–Kier alpha value is -3.19. The highest BCUT2D eigenvalue weighted by atomic mass is 19.4. The Morgan fingerprint density at radius 1 is 1.07 bits per heavy atom. The van der Waals surface area contributed by atoms with Gasteiger partial charge in [-0.05, 0) is 31.4 Å². The molecule has 13 heteroatoms. The van der Waals surface area contributed by atoms with Crippen LogP contribution in [0.3, 0.4) is 0 Å². The van der Waals surface area contributed by atoms with Gasteiger partial charge in [0.15, 0.2) is 0 Å². The van der Waals surface area contributed by atoms with Gasteiger partial charge in [-0.25, -0.2) is 13.2 Å². The average molecular weight is 593 g/mol. The van der Waals surface area contributed by atoms with E-state index in [1.54, 1.807) is 0 Å². The van der Waals surface area contributed by atoms with Gasteiger partial charge in [0.05, 0.1) is 22.1 Å². The fourth-order valence-electron chi connectivity index (χ4n) is 7.19. The van der Waals surface area contributed by atoms with Crippen LogP contribution >= 0.6 is 0 Å². The van der Waals surface area contributed by atoms with E-state index >= 15 is 0 Å². The molecular formula is C29H30F6N6O. The third kappa shape index (κ3) is 4.55. The van der Waals surface area contributed by atoms with E-state index in [1.807, 2.05) is 9.80 Å². The Kier molecular flexibility index (Phi) is 6.54. The number of fused-ring (bicyclic) bond motifs is 3. The first-order valence-corrected chi connectivity index (χ1v) is 14.3. The summed E-state index contributed by atoms with van der Waals surface area (Å²) in [5, 5.41) is 3.32. The van der Waals surface area contributed by atoms with Crippen LogP contribution < -0.4 is 15.0 Å². The number of aromatic nitrogens is 3. The average Bonchev–Trinajstić information content (AvgIpc) is 3.59. The van der Waals surface area contributed by atoms with Gasteiger partial charge in [-0.2, -0.15) is 23.1 Å². The first-order chi connectivity index (χ1) is 20.1. The van der Waals surface area contributed by atoms with E-state index in [2.05, 4.69) is 20.3 Å². The first-order valence-electron chi connectivity index (χ1n) is 14.3. The van der Waals surface area contributed by atoms with E-state index in [1.165, 1.54) is 24.4 Å². The summed E-state index contributed by atoms with van der Waals surface area (Å²) in [6.07, 6.45) is -3.24. The summed E-state index contributed by atoms with van der Waals surface area (Å²) < 4.78 is 94.4. The highest BCUT2D eigenvalue weighted by Crippen LogP contribution is 2.48. The van der Waals surface area contributed by atoms with Crippen molar-refractivity contribution >= 4 is 16.7 Å². The number of nitrogens with zero attached hydrogens (tertiary/aromatic N) is 5. The smallest absolute Gasteiger partial charge is 0.420 e. The number of alkyl halides is 6. The molecule has 7 nitrogen and oxygen atoms in total. The van der Waals surface area contributed by atoms with Gasteiger partial charge >= 0.3 is 12.2 Å². The molecular weight excluding hydrogens is 562 g/mol. The highest BCUT2D eigenvalue weighted by molar-refractivity contribution is 5.95. The van der Waals surface area contributed by atoms with Crippen molar-refractivity contribution in [2.24, 2.45) is 0 Å². The molecule has 2 aromatic heterocycles. The fraction of sp³-hybridized carbons (Fsp3) is 0.552. The molecule has 3 aromatic rings. The van der Waals surface area contributed by atoms with Crippen molar-refractivity contribution in [2.75, 3.05) is 50.8 Å². The van der Waals surface area contributed by atoms with E-state index in [-0.39, 0.29) is 53.4 Å². The molecule has 1 aromatic carbocycles. The van der Waals surface area contributed by atoms with Gasteiger partial charge in [0.1, 0.15) is 24.2 Å². The Balaban J connectivity index is 1.39. The van der Waals surface area contributed by atoms with Crippen molar-refractivity contribution in [1.82, 2.24) is 25.2 Å². The lowest BCUT2D eigenvalue weighted by Crippen LogP contribution is -2.44. The van der Waals surface area contributed by atoms with Crippen molar-refractivity contribution in [3.05, 3.63) is 41.1 Å². The maximum Gasteiger partial charge on any atom is 0.420 e. The third-order valence-corrected chi connectivity index (χ3v) is 9.15. The standard InChI is InChI=1S/C29H30F6N6O/c30-17-13-27(6-2-10-41(27)15-17)16-42-26-38-24-20(25(39-26)40-11-8-36-9-12-40)14-37-23(22(24)29(33,34)35)19-3-1-4-21-18(19)5-7-28(21,31)32/h1,3-4,14,17,36H,2,5-13,15-16H2/t17-,27+/m1/s1. The summed E-state index contributed by atoms with van der Waals surface area (Å²) in [6.45, 7) is 3.32. The third-order valence-electron chi connectivity index (χ3n) is 9.15. The monoisotopic (exact) mass is 592 g/mol. The van der Waals surface area contributed by atoms with Crippen molar-refractivity contribution < 1.29 is 31.1 Å². The zero-order valence-electron chi connectivity index (χ0n) is 22.8. The molecule has 224 valence electrons. The van der Waals surface area contributed by atoms with Gasteiger partial charge in [-0.1, -0.05) is 18.2 Å². The van der Waals surface area contributed by atoms with Gasteiger partial charge in [-0.3, -0.25) is 9.88 Å². The summed E-state index contributed by atoms with van der Waals surface area (Å²) in [5.41, 5.74) is -2.59. The number of piperazine rings is 1. The van der Waals surface area contributed by atoms with Gasteiger partial charge in [0.25, 0.3) is 5.92 Å². The molecule has 0 amide bonds. The van der Waals surface area contributed by atoms with E-state index in [0.717, 1.165) is 19.4 Å². The quantitative estimate of drug-likeness (QED) is 0.413. The summed E-state index contributed by atoms with van der Waals surface area (Å²) in [7, 11) is 0. The Labute approximate surface area is 238 Å². The molecule has 2 atom stereocenters. The Bertz CT molecular complexity index is 1530. The van der Waals surface area contributed by atoms with Crippen LogP contribution in [0.25, 0.3) is 22.2 Å². The molecule has 3 saturated heterocycles. The van der Waals surface area contributed by atoms with Crippen LogP contribution in [0.1, 0.15) is 42.4 Å². The summed E-state index contributed by atoms with van der Waals surface area (Å²) in [5.74, 6) is -2.85. The van der Waals surface area contributed by atoms with Crippen molar-refractivity contribution in [1.29, 1.82) is 0 Å². The van der Waals surface area contributed by atoms with E-state index < -0.39 is 47.0 Å². The second-order valence-corrected chi connectivity index (χ2v) is 11.7. The number of hydrogen-bond acceptors (Lipinski definition) is 7. The molecule has 3 fully saturated rings. The topological polar surface area (TPSA) is 66.4 Å². The molecule has 3 aliphatic heterocycles. The van der Waals surface area contributed by atoms with Crippen LogP contribution in [0.5, 0.6) is 6.01 Å². The number of rotatable bonds is 5. The van der Waals surface area contributed by atoms with Crippen LogP contribution in [0.15, 0.2) is 24.4 Å². The fourth-order valence-corrected chi connectivity index (χ4v) is 7.19. The highest BCUT2D eigenvalue weighted by Gasteiger charge is 2.49. The lowest BCUT2D eigenvalue weighted by Gasteiger charge is -2.32. The molecule has 5 heterocycles. The second kappa shape index (κ2) is 9.94. The van der Waals surface area contributed by atoms with Crippen LogP contribution in [0.4, 0.5) is 32.2 Å².